The minimum absolute atomic E-state index is 0.449. The zero-order valence-corrected chi connectivity index (χ0v) is 10.4. The van der Waals surface area contributed by atoms with E-state index in [0.29, 0.717) is 12.1 Å². The molecule has 2 aliphatic rings. The highest BCUT2D eigenvalue weighted by atomic mass is 16.5. The van der Waals surface area contributed by atoms with Crippen LogP contribution in [0.15, 0.2) is 24.3 Å². The van der Waals surface area contributed by atoms with Crippen LogP contribution >= 0.6 is 0 Å². The minimum atomic E-state index is 0.449. The fourth-order valence-corrected chi connectivity index (χ4v) is 2.91. The summed E-state index contributed by atoms with van der Waals surface area (Å²) in [6, 6.07) is 9.72. The Morgan fingerprint density at radius 2 is 2.24 bits per heavy atom. The molecule has 3 heteroatoms. The summed E-state index contributed by atoms with van der Waals surface area (Å²) in [7, 11) is 0. The summed E-state index contributed by atoms with van der Waals surface area (Å²) >= 11 is 0. The first-order chi connectivity index (χ1) is 8.34. The maximum absolute atomic E-state index is 5.73. The Labute approximate surface area is 103 Å². The van der Waals surface area contributed by atoms with E-state index in [1.807, 2.05) is 0 Å². The van der Waals surface area contributed by atoms with E-state index in [1.54, 1.807) is 0 Å². The predicted octanol–water partition coefficient (Wildman–Crippen LogP) is 1.55. The molecular formula is C14H20N2O. The van der Waals surface area contributed by atoms with Crippen LogP contribution in [0.1, 0.15) is 24.1 Å². The molecule has 0 bridgehead atoms. The topological polar surface area (TPSA) is 24.5 Å². The molecule has 1 aromatic rings. The van der Waals surface area contributed by atoms with Crippen molar-refractivity contribution in [1.29, 1.82) is 0 Å². The lowest BCUT2D eigenvalue weighted by Crippen LogP contribution is -2.51. The van der Waals surface area contributed by atoms with Crippen LogP contribution in [0.2, 0.25) is 0 Å². The molecule has 3 rings (SSSR count). The highest BCUT2D eigenvalue weighted by Gasteiger charge is 2.28. The van der Waals surface area contributed by atoms with E-state index >= 15 is 0 Å². The number of ether oxygens (including phenoxy) is 1. The zero-order chi connectivity index (χ0) is 11.7. The van der Waals surface area contributed by atoms with E-state index in [-0.39, 0.29) is 0 Å². The fourth-order valence-electron chi connectivity index (χ4n) is 2.91. The molecule has 1 aromatic carbocycles. The molecule has 92 valence electrons. The van der Waals surface area contributed by atoms with Gasteiger partial charge < -0.3 is 10.1 Å². The Morgan fingerprint density at radius 1 is 1.35 bits per heavy atom. The van der Waals surface area contributed by atoms with Gasteiger partial charge in [-0.2, -0.15) is 0 Å². The van der Waals surface area contributed by atoms with Crippen LogP contribution in [0.3, 0.4) is 0 Å². The molecule has 17 heavy (non-hydrogen) atoms. The summed E-state index contributed by atoms with van der Waals surface area (Å²) in [5.41, 5.74) is 2.82. The van der Waals surface area contributed by atoms with Gasteiger partial charge in [-0.05, 0) is 18.1 Å². The van der Waals surface area contributed by atoms with Crippen LogP contribution in [-0.4, -0.2) is 37.2 Å². The average molecular weight is 232 g/mol. The van der Waals surface area contributed by atoms with Crippen molar-refractivity contribution in [2.24, 2.45) is 0 Å². The molecule has 2 heterocycles. The summed E-state index contributed by atoms with van der Waals surface area (Å²) in [5, 5.41) is 3.49. The predicted molar refractivity (Wildman–Crippen MR) is 67.9 cm³/mol. The van der Waals surface area contributed by atoms with E-state index in [1.165, 1.54) is 11.1 Å². The van der Waals surface area contributed by atoms with Crippen molar-refractivity contribution in [3.8, 4) is 0 Å². The molecular weight excluding hydrogens is 212 g/mol. The van der Waals surface area contributed by atoms with Gasteiger partial charge in [0.15, 0.2) is 0 Å². The van der Waals surface area contributed by atoms with Crippen LogP contribution < -0.4 is 5.32 Å². The zero-order valence-electron chi connectivity index (χ0n) is 10.4. The number of fused-ring (bicyclic) bond motifs is 1. The van der Waals surface area contributed by atoms with Crippen LogP contribution in [0, 0.1) is 0 Å². The SMILES string of the molecule is CC1CN(C2COCc3ccccc32)CCN1. The van der Waals surface area contributed by atoms with Crippen LogP contribution in [0.4, 0.5) is 0 Å². The van der Waals surface area contributed by atoms with Gasteiger partial charge in [-0.1, -0.05) is 24.3 Å². The molecule has 1 N–H and O–H groups in total. The Bertz CT molecular complexity index is 394. The van der Waals surface area contributed by atoms with Gasteiger partial charge in [0, 0.05) is 25.7 Å². The third kappa shape index (κ3) is 2.23. The first-order valence-corrected chi connectivity index (χ1v) is 6.47. The number of hydrogen-bond donors (Lipinski definition) is 1. The lowest BCUT2D eigenvalue weighted by Gasteiger charge is -2.40. The van der Waals surface area contributed by atoms with Crippen molar-refractivity contribution in [3.63, 3.8) is 0 Å². The molecule has 1 saturated heterocycles. The van der Waals surface area contributed by atoms with Crippen molar-refractivity contribution in [2.45, 2.75) is 25.6 Å². The third-order valence-corrected chi connectivity index (χ3v) is 3.79. The summed E-state index contributed by atoms with van der Waals surface area (Å²) < 4.78 is 5.73. The molecule has 2 unspecified atom stereocenters. The van der Waals surface area contributed by atoms with Crippen molar-refractivity contribution in [1.82, 2.24) is 10.2 Å². The van der Waals surface area contributed by atoms with Crippen molar-refractivity contribution in [2.75, 3.05) is 26.2 Å². The number of rotatable bonds is 1. The maximum atomic E-state index is 5.73. The standard InChI is InChI=1S/C14H20N2O/c1-11-8-16(7-6-15-11)14-10-17-9-12-4-2-3-5-13(12)14/h2-5,11,14-15H,6-10H2,1H3. The third-order valence-electron chi connectivity index (χ3n) is 3.79. The largest absolute Gasteiger partial charge is 0.375 e. The van der Waals surface area contributed by atoms with E-state index in [9.17, 15) is 0 Å². The number of benzene rings is 1. The minimum Gasteiger partial charge on any atom is -0.375 e. The Hall–Kier alpha value is -0.900. The number of piperazine rings is 1. The summed E-state index contributed by atoms with van der Waals surface area (Å²) in [5.74, 6) is 0. The Balaban J connectivity index is 1.84. The molecule has 0 radical (unpaired) electrons. The second-order valence-corrected chi connectivity index (χ2v) is 5.08. The molecule has 2 atom stereocenters. The fraction of sp³-hybridized carbons (Fsp3) is 0.571. The molecule has 2 aliphatic heterocycles. The Morgan fingerprint density at radius 3 is 3.12 bits per heavy atom. The summed E-state index contributed by atoms with van der Waals surface area (Å²) in [4.78, 5) is 2.55. The lowest BCUT2D eigenvalue weighted by atomic mass is 9.97. The first-order valence-electron chi connectivity index (χ1n) is 6.47. The maximum Gasteiger partial charge on any atom is 0.0721 e. The van der Waals surface area contributed by atoms with Gasteiger partial charge in [0.25, 0.3) is 0 Å². The van der Waals surface area contributed by atoms with Crippen LogP contribution in [0.25, 0.3) is 0 Å². The molecule has 0 spiro atoms. The first kappa shape index (κ1) is 11.2. The monoisotopic (exact) mass is 232 g/mol. The normalized spacial score (nSPS) is 29.9. The van der Waals surface area contributed by atoms with Crippen molar-refractivity contribution < 1.29 is 4.74 Å². The van der Waals surface area contributed by atoms with Gasteiger partial charge in [-0.15, -0.1) is 0 Å². The van der Waals surface area contributed by atoms with E-state index in [4.69, 9.17) is 4.74 Å². The van der Waals surface area contributed by atoms with Crippen molar-refractivity contribution in [3.05, 3.63) is 35.4 Å². The molecule has 0 saturated carbocycles. The quantitative estimate of drug-likeness (QED) is 0.795. The average Bonchev–Trinajstić information content (AvgIpc) is 2.38. The van der Waals surface area contributed by atoms with Crippen LogP contribution in [-0.2, 0) is 11.3 Å². The highest BCUT2D eigenvalue weighted by Crippen LogP contribution is 2.29. The van der Waals surface area contributed by atoms with Gasteiger partial charge in [-0.25, -0.2) is 0 Å². The second kappa shape index (κ2) is 4.77. The van der Waals surface area contributed by atoms with Gasteiger partial charge in [0.05, 0.1) is 19.3 Å². The summed E-state index contributed by atoms with van der Waals surface area (Å²) in [6.07, 6.45) is 0. The van der Waals surface area contributed by atoms with Crippen molar-refractivity contribution >= 4 is 0 Å². The Kier molecular flexibility index (Phi) is 3.14. The number of nitrogens with one attached hydrogen (secondary N) is 1. The van der Waals surface area contributed by atoms with E-state index < -0.39 is 0 Å². The summed E-state index contributed by atoms with van der Waals surface area (Å²) in [6.45, 7) is 7.18. The number of nitrogens with zero attached hydrogens (tertiary/aromatic N) is 1. The smallest absolute Gasteiger partial charge is 0.0721 e. The van der Waals surface area contributed by atoms with E-state index in [0.717, 1.165) is 32.8 Å². The molecule has 0 aliphatic carbocycles. The van der Waals surface area contributed by atoms with Gasteiger partial charge in [0.2, 0.25) is 0 Å². The van der Waals surface area contributed by atoms with Gasteiger partial charge in [-0.3, -0.25) is 4.90 Å². The molecule has 3 nitrogen and oxygen atoms in total. The lowest BCUT2D eigenvalue weighted by molar-refractivity contribution is 0.0220. The van der Waals surface area contributed by atoms with Gasteiger partial charge >= 0.3 is 0 Å². The second-order valence-electron chi connectivity index (χ2n) is 5.08. The van der Waals surface area contributed by atoms with E-state index in [2.05, 4.69) is 41.4 Å². The number of hydrogen-bond acceptors (Lipinski definition) is 3. The highest BCUT2D eigenvalue weighted by molar-refractivity contribution is 5.31. The molecule has 1 fully saturated rings. The molecule has 0 aromatic heterocycles. The molecule has 0 amide bonds. The van der Waals surface area contributed by atoms with Gasteiger partial charge in [0.1, 0.15) is 0 Å². The van der Waals surface area contributed by atoms with Crippen LogP contribution in [0.5, 0.6) is 0 Å².